The van der Waals surface area contributed by atoms with Crippen molar-refractivity contribution in [2.45, 2.75) is 44.9 Å². The highest BCUT2D eigenvalue weighted by molar-refractivity contribution is 6.39. The number of anilines is 4. The van der Waals surface area contributed by atoms with E-state index in [-0.39, 0.29) is 48.3 Å². The molecule has 0 atom stereocenters. The molecule has 280 valence electrons. The fraction of sp³-hybridized carbons (Fsp3) is 0.314. The number of hydrogen-bond acceptors (Lipinski definition) is 10. The maximum absolute atomic E-state index is 13.7. The van der Waals surface area contributed by atoms with Gasteiger partial charge in [0, 0.05) is 47.2 Å². The summed E-state index contributed by atoms with van der Waals surface area (Å²) >= 11 is 6.03. The van der Waals surface area contributed by atoms with Gasteiger partial charge >= 0.3 is 24.0 Å². The predicted molar refractivity (Wildman–Crippen MR) is 189 cm³/mol. The number of nitrogens with zero attached hydrogens (tertiary/aromatic N) is 3. The van der Waals surface area contributed by atoms with Crippen molar-refractivity contribution in [3.63, 3.8) is 0 Å². The molecule has 1 saturated carbocycles. The maximum Gasteiger partial charge on any atom is 0.422 e. The third kappa shape index (κ3) is 11.0. The van der Waals surface area contributed by atoms with Crippen molar-refractivity contribution >= 4 is 52.6 Å². The Balaban J connectivity index is 1.16. The number of carbonyl (C=O) groups is 3. The number of rotatable bonds is 14. The van der Waals surface area contributed by atoms with Gasteiger partial charge in [-0.15, -0.1) is 0 Å². The third-order valence-electron chi connectivity index (χ3n) is 8.07. The quantitative estimate of drug-likeness (QED) is 0.0717. The van der Waals surface area contributed by atoms with Crippen LogP contribution in [-0.2, 0) is 21.7 Å². The zero-order valence-corrected chi connectivity index (χ0v) is 29.3. The molecule has 1 aliphatic carbocycles. The van der Waals surface area contributed by atoms with E-state index in [0.717, 1.165) is 24.5 Å². The molecule has 3 amide bonds. The number of benzene rings is 3. The van der Waals surface area contributed by atoms with Crippen LogP contribution in [0.1, 0.15) is 48.2 Å². The first-order valence-corrected chi connectivity index (χ1v) is 16.6. The van der Waals surface area contributed by atoms with Crippen LogP contribution >= 0.6 is 11.6 Å². The number of carbonyl (C=O) groups excluding carboxylic acids is 3. The van der Waals surface area contributed by atoms with Gasteiger partial charge in [-0.3, -0.25) is 14.4 Å². The molecule has 1 fully saturated rings. The summed E-state index contributed by atoms with van der Waals surface area (Å²) in [6.07, 6.45) is -3.17. The van der Waals surface area contributed by atoms with Crippen LogP contribution < -0.4 is 37.1 Å². The Kier molecular flexibility index (Phi) is 11.7. The van der Waals surface area contributed by atoms with Crippen molar-refractivity contribution < 1.29 is 36.7 Å². The lowest BCUT2D eigenvalue weighted by atomic mass is 9.93. The lowest BCUT2D eigenvalue weighted by molar-refractivity contribution is -0.154. The monoisotopic (exact) mass is 757 g/mol. The molecule has 5 rings (SSSR count). The minimum absolute atomic E-state index is 0.00321. The standard InChI is InChI=1S/C35H36ClF4N9O4/c1-33(2,18-43-28(51)29(52)44-25-11-12-26(37)21(15-25)16-41)17-42-27(50)20-3-9-24(10-4-20)45-30-46-31(48-32(47-30)53-19-35(38,39)40)49-34(13-14-34)22-5-7-23(36)8-6-22/h3-12,15H,13-14,16-19,41H2,1-2H3,(H,42,50)(H,43,51)(H,44,52)(H2,45,46,47,48,49). The van der Waals surface area contributed by atoms with Crippen LogP contribution in [0.3, 0.4) is 0 Å². The molecule has 0 unspecified atom stereocenters. The first-order valence-electron chi connectivity index (χ1n) is 16.3. The van der Waals surface area contributed by atoms with Crippen LogP contribution in [0, 0.1) is 11.2 Å². The van der Waals surface area contributed by atoms with Gasteiger partial charge in [-0.25, -0.2) is 4.39 Å². The van der Waals surface area contributed by atoms with Crippen LogP contribution in [-0.4, -0.2) is 58.5 Å². The molecule has 53 heavy (non-hydrogen) atoms. The Morgan fingerprint density at radius 1 is 0.868 bits per heavy atom. The van der Waals surface area contributed by atoms with Gasteiger partial charge in [0.05, 0.1) is 5.54 Å². The van der Waals surface area contributed by atoms with E-state index in [2.05, 4.69) is 41.5 Å². The minimum Gasteiger partial charge on any atom is -0.454 e. The first kappa shape index (κ1) is 38.7. The molecule has 0 spiro atoms. The van der Waals surface area contributed by atoms with E-state index in [4.69, 9.17) is 22.1 Å². The van der Waals surface area contributed by atoms with Crippen LogP contribution in [0.4, 0.5) is 40.8 Å². The summed E-state index contributed by atoms with van der Waals surface area (Å²) in [7, 11) is 0. The van der Waals surface area contributed by atoms with Crippen LogP contribution in [0.15, 0.2) is 66.7 Å². The van der Waals surface area contributed by atoms with Crippen molar-refractivity contribution in [3.8, 4) is 6.01 Å². The number of amides is 3. The van der Waals surface area contributed by atoms with Gasteiger partial charge < -0.3 is 37.1 Å². The molecule has 1 heterocycles. The first-order chi connectivity index (χ1) is 25.0. The topological polar surface area (TPSA) is 185 Å². The van der Waals surface area contributed by atoms with Crippen LogP contribution in [0.25, 0.3) is 0 Å². The zero-order valence-electron chi connectivity index (χ0n) is 28.5. The molecule has 0 radical (unpaired) electrons. The Morgan fingerprint density at radius 3 is 2.15 bits per heavy atom. The summed E-state index contributed by atoms with van der Waals surface area (Å²) in [6.45, 7) is 2.04. The molecule has 18 heteroatoms. The van der Waals surface area contributed by atoms with E-state index in [0.29, 0.717) is 10.7 Å². The number of nitrogens with two attached hydrogens (primary N) is 1. The predicted octanol–water partition coefficient (Wildman–Crippen LogP) is 5.42. The molecule has 1 aliphatic rings. The van der Waals surface area contributed by atoms with E-state index in [1.165, 1.54) is 24.3 Å². The molecule has 1 aromatic heterocycles. The number of alkyl halides is 3. The molecule has 0 aliphatic heterocycles. The van der Waals surface area contributed by atoms with Gasteiger partial charge in [0.25, 0.3) is 5.91 Å². The number of nitrogens with one attached hydrogen (secondary N) is 5. The van der Waals surface area contributed by atoms with E-state index in [9.17, 15) is 31.9 Å². The number of hydrogen-bond donors (Lipinski definition) is 6. The average molecular weight is 758 g/mol. The molecular weight excluding hydrogens is 722 g/mol. The van der Waals surface area contributed by atoms with Gasteiger partial charge in [-0.05, 0) is 78.4 Å². The van der Waals surface area contributed by atoms with E-state index < -0.39 is 53.3 Å². The van der Waals surface area contributed by atoms with Gasteiger partial charge in [-0.1, -0.05) is 37.6 Å². The smallest absolute Gasteiger partial charge is 0.422 e. The highest BCUT2D eigenvalue weighted by atomic mass is 35.5. The second kappa shape index (κ2) is 16.0. The number of ether oxygens (including phenoxy) is 1. The van der Waals surface area contributed by atoms with E-state index in [1.54, 1.807) is 38.1 Å². The number of halogens is 5. The third-order valence-corrected chi connectivity index (χ3v) is 8.32. The normalized spacial score (nSPS) is 13.4. The van der Waals surface area contributed by atoms with Gasteiger partial charge in [0.15, 0.2) is 6.61 Å². The SMILES string of the molecule is CC(C)(CNC(=O)C(=O)Nc1ccc(F)c(CN)c1)CNC(=O)c1ccc(Nc2nc(NC3(c4ccc(Cl)cc4)CC3)nc(OCC(F)(F)F)n2)cc1. The van der Waals surface area contributed by atoms with Crippen LogP contribution in [0.5, 0.6) is 6.01 Å². The summed E-state index contributed by atoms with van der Waals surface area (Å²) in [5, 5.41) is 14.4. The van der Waals surface area contributed by atoms with Crippen molar-refractivity contribution in [3.05, 3.63) is 94.3 Å². The highest BCUT2D eigenvalue weighted by Gasteiger charge is 2.45. The molecule has 0 saturated heterocycles. The largest absolute Gasteiger partial charge is 0.454 e. The van der Waals surface area contributed by atoms with Gasteiger partial charge in [0.2, 0.25) is 11.9 Å². The Morgan fingerprint density at radius 2 is 1.51 bits per heavy atom. The summed E-state index contributed by atoms with van der Waals surface area (Å²) in [5.41, 5.74) is 6.29. The van der Waals surface area contributed by atoms with Gasteiger partial charge in [0.1, 0.15) is 5.82 Å². The van der Waals surface area contributed by atoms with Crippen molar-refractivity contribution in [1.29, 1.82) is 0 Å². The summed E-state index contributed by atoms with van der Waals surface area (Å²) < 4.78 is 57.3. The lowest BCUT2D eigenvalue weighted by Gasteiger charge is -2.25. The van der Waals surface area contributed by atoms with Crippen molar-refractivity contribution in [2.75, 3.05) is 35.6 Å². The molecule has 3 aromatic carbocycles. The zero-order chi connectivity index (χ0) is 38.4. The minimum atomic E-state index is -4.62. The highest BCUT2D eigenvalue weighted by Crippen LogP contribution is 2.48. The Labute approximate surface area is 306 Å². The van der Waals surface area contributed by atoms with Crippen molar-refractivity contribution in [1.82, 2.24) is 25.6 Å². The Hall–Kier alpha value is -5.55. The summed E-state index contributed by atoms with van der Waals surface area (Å²) in [5.74, 6) is -2.92. The van der Waals surface area contributed by atoms with Crippen LogP contribution in [0.2, 0.25) is 5.02 Å². The maximum atomic E-state index is 13.7. The second-order valence-electron chi connectivity index (χ2n) is 13.1. The summed E-state index contributed by atoms with van der Waals surface area (Å²) in [6, 6.07) is 16.6. The summed E-state index contributed by atoms with van der Waals surface area (Å²) in [4.78, 5) is 50.0. The fourth-order valence-electron chi connectivity index (χ4n) is 4.99. The second-order valence-corrected chi connectivity index (χ2v) is 13.5. The van der Waals surface area contributed by atoms with Gasteiger partial charge in [-0.2, -0.15) is 28.1 Å². The van der Waals surface area contributed by atoms with E-state index in [1.807, 2.05) is 12.1 Å². The lowest BCUT2D eigenvalue weighted by Crippen LogP contribution is -2.45. The Bertz CT molecular complexity index is 1960. The molecular formula is C35H36ClF4N9O4. The molecule has 4 aromatic rings. The average Bonchev–Trinajstić information content (AvgIpc) is 3.90. The van der Waals surface area contributed by atoms with E-state index >= 15 is 0 Å². The van der Waals surface area contributed by atoms with Crippen molar-refractivity contribution in [2.24, 2.45) is 11.1 Å². The molecule has 7 N–H and O–H groups in total. The fourth-order valence-corrected chi connectivity index (χ4v) is 5.11. The molecule has 13 nitrogen and oxygen atoms in total. The molecule has 0 bridgehead atoms. The number of aromatic nitrogens is 3.